The number of nitrogens with one attached hydrogen (secondary N) is 1. The van der Waals surface area contributed by atoms with Gasteiger partial charge in [0.25, 0.3) is 15.9 Å². The summed E-state index contributed by atoms with van der Waals surface area (Å²) in [6.45, 7) is 0.444. The number of thioether (sulfide) groups is 1. The SMILES string of the molecule is CSc1ccc(CN(C)C(=O)c2ccc(S(=O)(=O)Nc3ccc(F)cc3)cc2)cc1. The Hall–Kier alpha value is -2.84. The van der Waals surface area contributed by atoms with Gasteiger partial charge in [0.1, 0.15) is 5.82 Å². The molecule has 0 atom stereocenters. The Labute approximate surface area is 180 Å². The lowest BCUT2D eigenvalue weighted by atomic mass is 10.1. The van der Waals surface area contributed by atoms with Gasteiger partial charge in [0.05, 0.1) is 4.90 Å². The molecule has 3 aromatic carbocycles. The predicted molar refractivity (Wildman–Crippen MR) is 118 cm³/mol. The fraction of sp³-hybridized carbons (Fsp3) is 0.136. The number of nitrogens with zero attached hydrogens (tertiary/aromatic N) is 1. The molecule has 1 N–H and O–H groups in total. The van der Waals surface area contributed by atoms with Crippen molar-refractivity contribution in [2.45, 2.75) is 16.3 Å². The van der Waals surface area contributed by atoms with Crippen LogP contribution in [-0.4, -0.2) is 32.5 Å². The number of hydrogen-bond acceptors (Lipinski definition) is 4. The molecular formula is C22H21FN2O3S2. The average molecular weight is 445 g/mol. The van der Waals surface area contributed by atoms with Gasteiger partial charge in [-0.1, -0.05) is 12.1 Å². The van der Waals surface area contributed by atoms with Gasteiger partial charge in [0.2, 0.25) is 0 Å². The lowest BCUT2D eigenvalue weighted by Crippen LogP contribution is -2.26. The van der Waals surface area contributed by atoms with Crippen molar-refractivity contribution in [2.24, 2.45) is 0 Å². The first kappa shape index (κ1) is 21.9. The van der Waals surface area contributed by atoms with Crippen LogP contribution in [-0.2, 0) is 16.6 Å². The van der Waals surface area contributed by atoms with E-state index in [1.54, 1.807) is 23.7 Å². The lowest BCUT2D eigenvalue weighted by molar-refractivity contribution is 0.0785. The van der Waals surface area contributed by atoms with Crippen LogP contribution in [0.4, 0.5) is 10.1 Å². The van der Waals surface area contributed by atoms with E-state index in [-0.39, 0.29) is 16.5 Å². The van der Waals surface area contributed by atoms with Gasteiger partial charge in [0, 0.05) is 29.7 Å². The molecule has 0 saturated carbocycles. The summed E-state index contributed by atoms with van der Waals surface area (Å²) in [5, 5.41) is 0. The second-order valence-corrected chi connectivity index (χ2v) is 9.21. The Balaban J connectivity index is 1.68. The molecule has 0 bridgehead atoms. The number of carbonyl (C=O) groups excluding carboxylic acids is 1. The third-order valence-electron chi connectivity index (χ3n) is 4.43. The molecule has 3 aromatic rings. The minimum atomic E-state index is -3.84. The number of halogens is 1. The molecule has 0 aliphatic carbocycles. The maximum absolute atomic E-state index is 13.0. The van der Waals surface area contributed by atoms with E-state index in [0.29, 0.717) is 12.1 Å². The van der Waals surface area contributed by atoms with Crippen LogP contribution in [0, 0.1) is 5.82 Å². The largest absolute Gasteiger partial charge is 0.337 e. The zero-order valence-electron chi connectivity index (χ0n) is 16.5. The topological polar surface area (TPSA) is 66.5 Å². The average Bonchev–Trinajstić information content (AvgIpc) is 2.75. The Morgan fingerprint density at radius 3 is 2.13 bits per heavy atom. The Kier molecular flexibility index (Phi) is 6.79. The number of rotatable bonds is 7. The Bertz CT molecular complexity index is 1110. The molecule has 5 nitrogen and oxygen atoms in total. The van der Waals surface area contributed by atoms with Crippen LogP contribution in [0.15, 0.2) is 82.6 Å². The van der Waals surface area contributed by atoms with E-state index >= 15 is 0 Å². The van der Waals surface area contributed by atoms with E-state index in [9.17, 15) is 17.6 Å². The fourth-order valence-electron chi connectivity index (χ4n) is 2.81. The molecule has 0 radical (unpaired) electrons. The molecule has 0 heterocycles. The van der Waals surface area contributed by atoms with Crippen molar-refractivity contribution in [3.8, 4) is 0 Å². The maximum Gasteiger partial charge on any atom is 0.261 e. The second-order valence-electron chi connectivity index (χ2n) is 6.65. The van der Waals surface area contributed by atoms with Crippen LogP contribution in [0.25, 0.3) is 0 Å². The maximum atomic E-state index is 13.0. The molecule has 156 valence electrons. The monoisotopic (exact) mass is 444 g/mol. The molecule has 0 fully saturated rings. The Morgan fingerprint density at radius 1 is 0.967 bits per heavy atom. The highest BCUT2D eigenvalue weighted by molar-refractivity contribution is 7.98. The van der Waals surface area contributed by atoms with Gasteiger partial charge in [-0.05, 0) is 72.5 Å². The van der Waals surface area contributed by atoms with Crippen molar-refractivity contribution >= 4 is 33.4 Å². The summed E-state index contributed by atoms with van der Waals surface area (Å²) >= 11 is 1.65. The van der Waals surface area contributed by atoms with Crippen LogP contribution in [0.5, 0.6) is 0 Å². The molecular weight excluding hydrogens is 423 g/mol. The minimum absolute atomic E-state index is 0.0127. The standard InChI is InChI=1S/C22H21FN2O3S2/c1-25(15-16-3-11-20(29-2)12-4-16)22(26)17-5-13-21(14-6-17)30(27,28)24-19-9-7-18(23)8-10-19/h3-14,24H,15H2,1-2H3. The first-order valence-corrected chi connectivity index (χ1v) is 11.8. The molecule has 3 rings (SSSR count). The highest BCUT2D eigenvalue weighted by Crippen LogP contribution is 2.19. The van der Waals surface area contributed by atoms with Crippen molar-refractivity contribution in [1.82, 2.24) is 4.90 Å². The van der Waals surface area contributed by atoms with Crippen molar-refractivity contribution in [3.05, 3.63) is 89.7 Å². The number of anilines is 1. The number of benzene rings is 3. The highest BCUT2D eigenvalue weighted by atomic mass is 32.2. The molecule has 0 unspecified atom stereocenters. The van der Waals surface area contributed by atoms with Crippen molar-refractivity contribution in [3.63, 3.8) is 0 Å². The third kappa shape index (κ3) is 5.40. The van der Waals surface area contributed by atoms with Crippen LogP contribution in [0.3, 0.4) is 0 Å². The van der Waals surface area contributed by atoms with Gasteiger partial charge in [0.15, 0.2) is 0 Å². The molecule has 0 spiro atoms. The molecule has 1 amide bonds. The summed E-state index contributed by atoms with van der Waals surface area (Å²) in [7, 11) is -2.14. The van der Waals surface area contributed by atoms with E-state index in [1.165, 1.54) is 48.5 Å². The van der Waals surface area contributed by atoms with E-state index in [1.807, 2.05) is 30.5 Å². The highest BCUT2D eigenvalue weighted by Gasteiger charge is 2.17. The summed E-state index contributed by atoms with van der Waals surface area (Å²) in [6.07, 6.45) is 2.00. The van der Waals surface area contributed by atoms with Crippen LogP contribution < -0.4 is 4.72 Å². The van der Waals surface area contributed by atoms with Gasteiger partial charge in [-0.2, -0.15) is 0 Å². The molecule has 8 heteroatoms. The van der Waals surface area contributed by atoms with Gasteiger partial charge in [-0.15, -0.1) is 11.8 Å². The van der Waals surface area contributed by atoms with E-state index in [2.05, 4.69) is 4.72 Å². The number of amides is 1. The van der Waals surface area contributed by atoms with Crippen LogP contribution in [0.1, 0.15) is 15.9 Å². The molecule has 0 aliphatic rings. The first-order valence-electron chi connectivity index (χ1n) is 9.05. The summed E-state index contributed by atoms with van der Waals surface area (Å²) in [5.74, 6) is -0.662. The normalized spacial score (nSPS) is 11.2. The predicted octanol–water partition coefficient (Wildman–Crippen LogP) is 4.62. The van der Waals surface area contributed by atoms with Crippen molar-refractivity contribution in [2.75, 3.05) is 18.0 Å². The summed E-state index contributed by atoms with van der Waals surface area (Å²) < 4.78 is 40.4. The zero-order valence-corrected chi connectivity index (χ0v) is 18.1. The van der Waals surface area contributed by atoms with Crippen LogP contribution >= 0.6 is 11.8 Å². The van der Waals surface area contributed by atoms with Gasteiger partial charge < -0.3 is 4.90 Å². The van der Waals surface area contributed by atoms with Gasteiger partial charge in [-0.25, -0.2) is 12.8 Å². The lowest BCUT2D eigenvalue weighted by Gasteiger charge is -2.18. The number of carbonyl (C=O) groups is 1. The first-order chi connectivity index (χ1) is 14.3. The zero-order chi connectivity index (χ0) is 21.7. The van der Waals surface area contributed by atoms with E-state index < -0.39 is 15.8 Å². The Morgan fingerprint density at radius 2 is 1.57 bits per heavy atom. The molecule has 0 saturated heterocycles. The van der Waals surface area contributed by atoms with Crippen LogP contribution in [0.2, 0.25) is 0 Å². The summed E-state index contributed by atoms with van der Waals surface area (Å²) in [6, 6.07) is 18.7. The van der Waals surface area contributed by atoms with Gasteiger partial charge >= 0.3 is 0 Å². The fourth-order valence-corrected chi connectivity index (χ4v) is 4.27. The summed E-state index contributed by atoms with van der Waals surface area (Å²) in [4.78, 5) is 15.4. The van der Waals surface area contributed by atoms with E-state index in [4.69, 9.17) is 0 Å². The molecule has 30 heavy (non-hydrogen) atoms. The van der Waals surface area contributed by atoms with Crippen molar-refractivity contribution < 1.29 is 17.6 Å². The smallest absolute Gasteiger partial charge is 0.261 e. The van der Waals surface area contributed by atoms with Gasteiger partial charge in [-0.3, -0.25) is 9.52 Å². The minimum Gasteiger partial charge on any atom is -0.337 e. The number of hydrogen-bond donors (Lipinski definition) is 1. The molecule has 0 aliphatic heterocycles. The summed E-state index contributed by atoms with van der Waals surface area (Å²) in [5.41, 5.74) is 1.65. The number of sulfonamides is 1. The third-order valence-corrected chi connectivity index (χ3v) is 6.57. The molecule has 0 aromatic heterocycles. The van der Waals surface area contributed by atoms with E-state index in [0.717, 1.165) is 10.5 Å². The van der Waals surface area contributed by atoms with Crippen molar-refractivity contribution in [1.29, 1.82) is 0 Å². The quantitative estimate of drug-likeness (QED) is 0.540. The second kappa shape index (κ2) is 9.32.